The van der Waals surface area contributed by atoms with Crippen molar-refractivity contribution < 1.29 is 19.1 Å². The standard InChI is InChI=1S/C10H13N3O4/c11-3-1-4-6-7(8(3)17-4)10(16)13(9(6)15)2-5(12)14/h3-4,6-8H,1-2,11H2,(H2,12,14). The molecule has 3 aliphatic rings. The fraction of sp³-hybridized carbons (Fsp3) is 0.700. The van der Waals surface area contributed by atoms with Crippen LogP contribution in [0.4, 0.5) is 0 Å². The Bertz CT molecular complexity index is 424. The summed E-state index contributed by atoms with van der Waals surface area (Å²) in [4.78, 5) is 35.8. The first-order valence-electron chi connectivity index (χ1n) is 5.55. The van der Waals surface area contributed by atoms with Crippen molar-refractivity contribution in [3.05, 3.63) is 0 Å². The zero-order valence-electron chi connectivity index (χ0n) is 9.04. The third-order valence-electron chi connectivity index (χ3n) is 3.82. The van der Waals surface area contributed by atoms with Crippen molar-refractivity contribution >= 4 is 17.7 Å². The van der Waals surface area contributed by atoms with Crippen LogP contribution >= 0.6 is 0 Å². The van der Waals surface area contributed by atoms with E-state index < -0.39 is 17.7 Å². The van der Waals surface area contributed by atoms with Crippen LogP contribution in [0.2, 0.25) is 0 Å². The van der Waals surface area contributed by atoms with Crippen molar-refractivity contribution in [1.82, 2.24) is 4.90 Å². The molecular formula is C10H13N3O4. The van der Waals surface area contributed by atoms with Crippen LogP contribution < -0.4 is 11.5 Å². The first-order chi connectivity index (χ1) is 8.00. The fourth-order valence-electron chi connectivity index (χ4n) is 3.17. The van der Waals surface area contributed by atoms with Crippen molar-refractivity contribution in [2.75, 3.05) is 6.54 Å². The lowest BCUT2D eigenvalue weighted by Crippen LogP contribution is -2.43. The molecule has 7 heteroatoms. The molecule has 4 N–H and O–H groups in total. The molecule has 0 radical (unpaired) electrons. The molecule has 0 aromatic heterocycles. The van der Waals surface area contributed by atoms with Gasteiger partial charge in [-0.2, -0.15) is 0 Å². The van der Waals surface area contributed by atoms with E-state index in [0.29, 0.717) is 6.42 Å². The van der Waals surface area contributed by atoms with E-state index >= 15 is 0 Å². The van der Waals surface area contributed by atoms with Crippen LogP contribution in [0.1, 0.15) is 6.42 Å². The Balaban J connectivity index is 1.90. The van der Waals surface area contributed by atoms with Gasteiger partial charge in [0, 0.05) is 6.04 Å². The lowest BCUT2D eigenvalue weighted by atomic mass is 9.79. The topological polar surface area (TPSA) is 116 Å². The molecule has 3 rings (SSSR count). The summed E-state index contributed by atoms with van der Waals surface area (Å²) in [5.74, 6) is -2.40. The molecule has 7 nitrogen and oxygen atoms in total. The molecule has 0 spiro atoms. The highest BCUT2D eigenvalue weighted by molar-refractivity contribution is 6.08. The van der Waals surface area contributed by atoms with E-state index in [1.54, 1.807) is 0 Å². The highest BCUT2D eigenvalue weighted by Gasteiger charge is 2.64. The third-order valence-corrected chi connectivity index (χ3v) is 3.82. The molecule has 17 heavy (non-hydrogen) atoms. The van der Waals surface area contributed by atoms with Crippen molar-refractivity contribution in [3.8, 4) is 0 Å². The summed E-state index contributed by atoms with van der Waals surface area (Å²) in [6, 6.07) is -0.202. The van der Waals surface area contributed by atoms with Gasteiger partial charge in [0.1, 0.15) is 6.54 Å². The van der Waals surface area contributed by atoms with Gasteiger partial charge in [0.05, 0.1) is 24.0 Å². The summed E-state index contributed by atoms with van der Waals surface area (Å²) in [6.07, 6.45) is -0.0800. The predicted octanol–water partition coefficient (Wildman–Crippen LogP) is -2.43. The zero-order chi connectivity index (χ0) is 12.3. The van der Waals surface area contributed by atoms with E-state index in [1.165, 1.54) is 0 Å². The summed E-state index contributed by atoms with van der Waals surface area (Å²) in [5, 5.41) is 0. The number of hydrogen-bond donors (Lipinski definition) is 2. The first kappa shape index (κ1) is 10.7. The number of likely N-dealkylation sites (tertiary alicyclic amines) is 1. The number of imide groups is 1. The number of amides is 3. The number of fused-ring (bicyclic) bond motifs is 5. The second-order valence-electron chi connectivity index (χ2n) is 4.82. The quantitative estimate of drug-likeness (QED) is 0.520. The number of ether oxygens (including phenoxy) is 1. The smallest absolute Gasteiger partial charge is 0.237 e. The predicted molar refractivity (Wildman–Crippen MR) is 54.1 cm³/mol. The molecule has 3 amide bonds. The summed E-state index contributed by atoms with van der Waals surface area (Å²) < 4.78 is 5.54. The van der Waals surface area contributed by atoms with Crippen LogP contribution in [0, 0.1) is 11.8 Å². The lowest BCUT2D eigenvalue weighted by Gasteiger charge is -2.21. The molecule has 0 aromatic carbocycles. The normalized spacial score (nSPS) is 43.4. The summed E-state index contributed by atoms with van der Waals surface area (Å²) in [5.41, 5.74) is 10.8. The maximum absolute atomic E-state index is 12.0. The van der Waals surface area contributed by atoms with Crippen LogP contribution in [0.25, 0.3) is 0 Å². The van der Waals surface area contributed by atoms with Gasteiger partial charge in [-0.25, -0.2) is 0 Å². The van der Waals surface area contributed by atoms with Crippen LogP contribution in [0.3, 0.4) is 0 Å². The molecule has 3 fully saturated rings. The minimum atomic E-state index is -0.691. The summed E-state index contributed by atoms with van der Waals surface area (Å²) >= 11 is 0. The lowest BCUT2D eigenvalue weighted by molar-refractivity contribution is -0.145. The number of nitrogens with two attached hydrogens (primary N) is 2. The first-order valence-corrected chi connectivity index (χ1v) is 5.55. The molecule has 0 aliphatic carbocycles. The van der Waals surface area contributed by atoms with E-state index in [9.17, 15) is 14.4 Å². The van der Waals surface area contributed by atoms with Crippen LogP contribution in [-0.4, -0.2) is 47.4 Å². The van der Waals surface area contributed by atoms with Gasteiger partial charge in [-0.1, -0.05) is 0 Å². The highest BCUT2D eigenvalue weighted by atomic mass is 16.5. The van der Waals surface area contributed by atoms with Crippen LogP contribution in [0.5, 0.6) is 0 Å². The Labute approximate surface area is 97.0 Å². The van der Waals surface area contributed by atoms with Crippen molar-refractivity contribution in [2.45, 2.75) is 24.7 Å². The van der Waals surface area contributed by atoms with E-state index in [-0.39, 0.29) is 36.6 Å². The third kappa shape index (κ3) is 1.26. The van der Waals surface area contributed by atoms with Gasteiger partial charge in [-0.15, -0.1) is 0 Å². The zero-order valence-corrected chi connectivity index (χ0v) is 9.04. The Hall–Kier alpha value is -1.47. The van der Waals surface area contributed by atoms with Crippen LogP contribution in [-0.2, 0) is 19.1 Å². The molecular weight excluding hydrogens is 226 g/mol. The average molecular weight is 239 g/mol. The Morgan fingerprint density at radius 1 is 1.35 bits per heavy atom. The van der Waals surface area contributed by atoms with Crippen molar-refractivity contribution in [1.29, 1.82) is 0 Å². The second kappa shape index (κ2) is 3.27. The molecule has 3 saturated heterocycles. The molecule has 3 aliphatic heterocycles. The highest BCUT2D eigenvalue weighted by Crippen LogP contribution is 2.47. The molecule has 92 valence electrons. The molecule has 5 unspecified atom stereocenters. The minimum absolute atomic E-state index is 0.202. The molecule has 2 bridgehead atoms. The van der Waals surface area contributed by atoms with Crippen LogP contribution in [0.15, 0.2) is 0 Å². The van der Waals surface area contributed by atoms with Gasteiger partial charge in [0.25, 0.3) is 0 Å². The molecule has 3 heterocycles. The molecule has 0 aromatic rings. The SMILES string of the molecule is NC(=O)CN1C(=O)C2C3CC(N)C(O3)C2C1=O. The van der Waals surface area contributed by atoms with Crippen molar-refractivity contribution in [3.63, 3.8) is 0 Å². The van der Waals surface area contributed by atoms with Crippen molar-refractivity contribution in [2.24, 2.45) is 23.3 Å². The van der Waals surface area contributed by atoms with Gasteiger partial charge in [0.2, 0.25) is 17.7 Å². The molecule has 0 saturated carbocycles. The largest absolute Gasteiger partial charge is 0.372 e. The molecule has 5 atom stereocenters. The van der Waals surface area contributed by atoms with E-state index in [2.05, 4.69) is 0 Å². The van der Waals surface area contributed by atoms with E-state index in [4.69, 9.17) is 16.2 Å². The number of rotatable bonds is 2. The van der Waals surface area contributed by atoms with Gasteiger partial charge >= 0.3 is 0 Å². The number of hydrogen-bond acceptors (Lipinski definition) is 5. The van der Waals surface area contributed by atoms with Gasteiger partial charge < -0.3 is 16.2 Å². The van der Waals surface area contributed by atoms with E-state index in [1.807, 2.05) is 0 Å². The van der Waals surface area contributed by atoms with E-state index in [0.717, 1.165) is 4.90 Å². The fourth-order valence-corrected chi connectivity index (χ4v) is 3.17. The van der Waals surface area contributed by atoms with Gasteiger partial charge in [0.15, 0.2) is 0 Å². The number of primary amides is 1. The second-order valence-corrected chi connectivity index (χ2v) is 4.82. The minimum Gasteiger partial charge on any atom is -0.372 e. The number of carbonyl (C=O) groups excluding carboxylic acids is 3. The Morgan fingerprint density at radius 2 is 2.00 bits per heavy atom. The van der Waals surface area contributed by atoms with Gasteiger partial charge in [-0.05, 0) is 6.42 Å². The number of carbonyl (C=O) groups is 3. The number of nitrogens with zero attached hydrogens (tertiary/aromatic N) is 1. The maximum Gasteiger partial charge on any atom is 0.237 e. The Morgan fingerprint density at radius 3 is 2.65 bits per heavy atom. The van der Waals surface area contributed by atoms with Gasteiger partial charge in [-0.3, -0.25) is 19.3 Å². The monoisotopic (exact) mass is 239 g/mol. The summed E-state index contributed by atoms with van der Waals surface area (Å²) in [7, 11) is 0. The maximum atomic E-state index is 12.0. The average Bonchev–Trinajstić information content (AvgIpc) is 2.85. The summed E-state index contributed by atoms with van der Waals surface area (Å²) in [6.45, 7) is -0.348. The Kier molecular flexibility index (Phi) is 2.05.